The highest BCUT2D eigenvalue weighted by Crippen LogP contribution is 2.29. The molecule has 0 aliphatic rings. The number of hydrogen-bond donors (Lipinski definition) is 1. The highest BCUT2D eigenvalue weighted by molar-refractivity contribution is 5.58. The van der Waals surface area contributed by atoms with E-state index in [2.05, 4.69) is 5.32 Å². The summed E-state index contributed by atoms with van der Waals surface area (Å²) in [5.41, 5.74) is 2.63. The quantitative estimate of drug-likeness (QED) is 0.883. The molecule has 100 valence electrons. The van der Waals surface area contributed by atoms with E-state index in [9.17, 15) is 4.39 Å². The topological polar surface area (TPSA) is 21.3 Å². The fraction of sp³-hybridized carbons (Fsp3) is 0.250. The Morgan fingerprint density at radius 1 is 1.16 bits per heavy atom. The molecule has 1 atom stereocenters. The van der Waals surface area contributed by atoms with Gasteiger partial charge < -0.3 is 10.1 Å². The Hall–Kier alpha value is -2.03. The van der Waals surface area contributed by atoms with Gasteiger partial charge in [0.1, 0.15) is 11.6 Å². The first kappa shape index (κ1) is 13.4. The first-order valence-electron chi connectivity index (χ1n) is 6.27. The molecule has 1 N–H and O–H groups in total. The number of ether oxygens (including phenoxy) is 1. The van der Waals surface area contributed by atoms with Crippen LogP contribution in [0.4, 0.5) is 10.1 Å². The molecule has 0 spiro atoms. The maximum absolute atomic E-state index is 13.7. The van der Waals surface area contributed by atoms with Crippen molar-refractivity contribution in [2.75, 3.05) is 12.4 Å². The predicted molar refractivity (Wildman–Crippen MR) is 76.2 cm³/mol. The fourth-order valence-electron chi connectivity index (χ4n) is 2.05. The van der Waals surface area contributed by atoms with Crippen molar-refractivity contribution in [2.45, 2.75) is 19.9 Å². The van der Waals surface area contributed by atoms with Gasteiger partial charge in [-0.05, 0) is 37.6 Å². The zero-order chi connectivity index (χ0) is 13.8. The number of benzene rings is 2. The molecule has 19 heavy (non-hydrogen) atoms. The van der Waals surface area contributed by atoms with Crippen molar-refractivity contribution in [2.24, 2.45) is 0 Å². The van der Waals surface area contributed by atoms with Crippen LogP contribution in [0.3, 0.4) is 0 Å². The first-order valence-corrected chi connectivity index (χ1v) is 6.27. The Morgan fingerprint density at radius 2 is 1.89 bits per heavy atom. The number of halogens is 1. The Balaban J connectivity index is 2.24. The highest BCUT2D eigenvalue weighted by atomic mass is 19.1. The monoisotopic (exact) mass is 259 g/mol. The molecular weight excluding hydrogens is 241 g/mol. The highest BCUT2D eigenvalue weighted by Gasteiger charge is 2.12. The summed E-state index contributed by atoms with van der Waals surface area (Å²) >= 11 is 0. The lowest BCUT2D eigenvalue weighted by molar-refractivity contribution is 0.415. The zero-order valence-corrected chi connectivity index (χ0v) is 11.4. The van der Waals surface area contributed by atoms with Crippen LogP contribution in [0, 0.1) is 12.7 Å². The summed E-state index contributed by atoms with van der Waals surface area (Å²) in [5, 5.41) is 3.28. The van der Waals surface area contributed by atoms with Crippen LogP contribution < -0.4 is 10.1 Å². The van der Waals surface area contributed by atoms with Crippen LogP contribution in [-0.2, 0) is 0 Å². The molecule has 2 rings (SSSR count). The van der Waals surface area contributed by atoms with Gasteiger partial charge in [-0.3, -0.25) is 0 Å². The smallest absolute Gasteiger partial charge is 0.142 e. The van der Waals surface area contributed by atoms with Crippen molar-refractivity contribution in [1.29, 1.82) is 0 Å². The predicted octanol–water partition coefficient (Wildman–Crippen LogP) is 4.32. The number of hydrogen-bond acceptors (Lipinski definition) is 2. The average molecular weight is 259 g/mol. The van der Waals surface area contributed by atoms with Gasteiger partial charge in [0.25, 0.3) is 0 Å². The van der Waals surface area contributed by atoms with Gasteiger partial charge >= 0.3 is 0 Å². The van der Waals surface area contributed by atoms with E-state index >= 15 is 0 Å². The van der Waals surface area contributed by atoms with Crippen molar-refractivity contribution >= 4 is 5.69 Å². The van der Waals surface area contributed by atoms with Crippen LogP contribution in [0.5, 0.6) is 5.75 Å². The normalized spacial score (nSPS) is 12.0. The summed E-state index contributed by atoms with van der Waals surface area (Å²) < 4.78 is 19.1. The van der Waals surface area contributed by atoms with Crippen molar-refractivity contribution in [3.05, 3.63) is 59.4 Å². The second-order valence-electron chi connectivity index (χ2n) is 4.59. The van der Waals surface area contributed by atoms with Gasteiger partial charge in [-0.25, -0.2) is 4.39 Å². The molecule has 0 fully saturated rings. The molecule has 0 aliphatic carbocycles. The lowest BCUT2D eigenvalue weighted by Crippen LogP contribution is -2.09. The van der Waals surface area contributed by atoms with Gasteiger partial charge in [-0.2, -0.15) is 0 Å². The second kappa shape index (κ2) is 5.74. The fourth-order valence-corrected chi connectivity index (χ4v) is 2.05. The van der Waals surface area contributed by atoms with E-state index in [4.69, 9.17) is 4.74 Å². The van der Waals surface area contributed by atoms with E-state index in [1.54, 1.807) is 19.2 Å². The number of nitrogens with one attached hydrogen (secondary N) is 1. The molecule has 0 aliphatic heterocycles. The second-order valence-corrected chi connectivity index (χ2v) is 4.59. The molecule has 2 nitrogen and oxygen atoms in total. The van der Waals surface area contributed by atoms with Gasteiger partial charge in [0.15, 0.2) is 0 Å². The summed E-state index contributed by atoms with van der Waals surface area (Å²) in [4.78, 5) is 0. The van der Waals surface area contributed by atoms with Crippen LogP contribution >= 0.6 is 0 Å². The summed E-state index contributed by atoms with van der Waals surface area (Å²) in [6.07, 6.45) is 0. The van der Waals surface area contributed by atoms with E-state index < -0.39 is 0 Å². The molecular formula is C16H18FNO. The Morgan fingerprint density at radius 3 is 2.58 bits per heavy atom. The molecule has 0 bridgehead atoms. The third-order valence-electron chi connectivity index (χ3n) is 3.10. The van der Waals surface area contributed by atoms with E-state index in [0.29, 0.717) is 5.56 Å². The standard InChI is InChI=1S/C16H18FNO/c1-11-8-9-15(16(10-11)19-3)18-12(2)13-6-4-5-7-14(13)17/h4-10,12,18H,1-3H3. The van der Waals surface area contributed by atoms with Gasteiger partial charge in [-0.1, -0.05) is 24.3 Å². The first-order chi connectivity index (χ1) is 9.11. The van der Waals surface area contributed by atoms with Gasteiger partial charge in [0.2, 0.25) is 0 Å². The van der Waals surface area contributed by atoms with Gasteiger partial charge in [0.05, 0.1) is 18.8 Å². The van der Waals surface area contributed by atoms with E-state index in [-0.39, 0.29) is 11.9 Å². The van der Waals surface area contributed by atoms with Crippen molar-refractivity contribution < 1.29 is 9.13 Å². The lowest BCUT2D eigenvalue weighted by atomic mass is 10.1. The third kappa shape index (κ3) is 3.05. The summed E-state index contributed by atoms with van der Waals surface area (Å²) in [6.45, 7) is 3.93. The minimum absolute atomic E-state index is 0.127. The van der Waals surface area contributed by atoms with Crippen molar-refractivity contribution in [1.82, 2.24) is 0 Å². The van der Waals surface area contributed by atoms with E-state index in [1.165, 1.54) is 6.07 Å². The maximum Gasteiger partial charge on any atom is 0.142 e. The number of aryl methyl sites for hydroxylation is 1. The maximum atomic E-state index is 13.7. The zero-order valence-electron chi connectivity index (χ0n) is 11.4. The summed E-state index contributed by atoms with van der Waals surface area (Å²) in [7, 11) is 1.63. The van der Waals surface area contributed by atoms with Crippen LogP contribution in [0.2, 0.25) is 0 Å². The van der Waals surface area contributed by atoms with Crippen LogP contribution in [0.25, 0.3) is 0 Å². The van der Waals surface area contributed by atoms with E-state index in [1.807, 2.05) is 38.1 Å². The molecule has 3 heteroatoms. The largest absolute Gasteiger partial charge is 0.495 e. The Bertz CT molecular complexity index is 568. The number of methoxy groups -OCH3 is 1. The van der Waals surface area contributed by atoms with E-state index in [0.717, 1.165) is 17.0 Å². The molecule has 2 aromatic carbocycles. The molecule has 0 amide bonds. The number of rotatable bonds is 4. The molecule has 2 aromatic rings. The minimum Gasteiger partial charge on any atom is -0.495 e. The molecule has 0 radical (unpaired) electrons. The summed E-state index contributed by atoms with van der Waals surface area (Å²) in [6, 6.07) is 12.6. The van der Waals surface area contributed by atoms with Gasteiger partial charge in [0, 0.05) is 5.56 Å². The average Bonchev–Trinajstić information content (AvgIpc) is 2.41. The molecule has 0 saturated carbocycles. The molecule has 1 unspecified atom stereocenters. The van der Waals surface area contributed by atoms with Gasteiger partial charge in [-0.15, -0.1) is 0 Å². The Labute approximate surface area is 113 Å². The van der Waals surface area contributed by atoms with Crippen molar-refractivity contribution in [3.8, 4) is 5.75 Å². The van der Waals surface area contributed by atoms with Crippen LogP contribution in [0.15, 0.2) is 42.5 Å². The van der Waals surface area contributed by atoms with Crippen molar-refractivity contribution in [3.63, 3.8) is 0 Å². The molecule has 0 aromatic heterocycles. The minimum atomic E-state index is -0.200. The third-order valence-corrected chi connectivity index (χ3v) is 3.10. The van der Waals surface area contributed by atoms with Crippen LogP contribution in [-0.4, -0.2) is 7.11 Å². The number of anilines is 1. The van der Waals surface area contributed by atoms with Crippen LogP contribution in [0.1, 0.15) is 24.1 Å². The SMILES string of the molecule is COc1cc(C)ccc1NC(C)c1ccccc1F. The molecule has 0 heterocycles. The summed E-state index contributed by atoms with van der Waals surface area (Å²) in [5.74, 6) is 0.566. The Kier molecular flexibility index (Phi) is 4.05. The lowest BCUT2D eigenvalue weighted by Gasteiger charge is -2.18. The molecule has 0 saturated heterocycles.